The zero-order valence-electron chi connectivity index (χ0n) is 8.73. The number of anilines is 1. The molecule has 0 atom stereocenters. The van der Waals surface area contributed by atoms with Gasteiger partial charge in [-0.2, -0.15) is 13.2 Å². The fraction of sp³-hybridized carbons (Fsp3) is 0.100. The van der Waals surface area contributed by atoms with Crippen LogP contribution in [0, 0.1) is 0 Å². The number of carbonyl (C=O) groups is 1. The summed E-state index contributed by atoms with van der Waals surface area (Å²) in [5.74, 6) is -0.615. The molecule has 8 heteroatoms. The molecule has 1 N–H and O–H groups in total. The molecule has 1 aromatic heterocycles. The van der Waals surface area contributed by atoms with Crippen molar-refractivity contribution in [1.82, 2.24) is 10.3 Å². The van der Waals surface area contributed by atoms with Crippen molar-refractivity contribution in [2.45, 2.75) is 6.18 Å². The summed E-state index contributed by atoms with van der Waals surface area (Å²) in [6.07, 6.45) is -3.31. The van der Waals surface area contributed by atoms with Gasteiger partial charge < -0.3 is 5.32 Å². The fourth-order valence-electron chi connectivity index (χ4n) is 1.20. The SMILES string of the molecule is O=C(Nc1ccc(C(F)(F)F)cc1)c1cnon1. The molecule has 0 aliphatic rings. The molecule has 1 heterocycles. The van der Waals surface area contributed by atoms with E-state index in [9.17, 15) is 18.0 Å². The van der Waals surface area contributed by atoms with E-state index in [4.69, 9.17) is 0 Å². The second-order valence-corrected chi connectivity index (χ2v) is 3.32. The van der Waals surface area contributed by atoms with E-state index in [0.29, 0.717) is 0 Å². The second-order valence-electron chi connectivity index (χ2n) is 3.32. The van der Waals surface area contributed by atoms with Crippen molar-refractivity contribution >= 4 is 11.6 Å². The van der Waals surface area contributed by atoms with Gasteiger partial charge in [0.05, 0.1) is 5.56 Å². The van der Waals surface area contributed by atoms with Crippen LogP contribution in [-0.4, -0.2) is 16.2 Å². The van der Waals surface area contributed by atoms with Gasteiger partial charge in [0.2, 0.25) is 0 Å². The zero-order chi connectivity index (χ0) is 13.2. The van der Waals surface area contributed by atoms with E-state index in [1.165, 1.54) is 0 Å². The van der Waals surface area contributed by atoms with Crippen LogP contribution in [0.1, 0.15) is 16.1 Å². The molecule has 2 rings (SSSR count). The molecular weight excluding hydrogens is 251 g/mol. The number of nitrogens with zero attached hydrogens (tertiary/aromatic N) is 2. The third kappa shape index (κ3) is 2.65. The van der Waals surface area contributed by atoms with Gasteiger partial charge >= 0.3 is 6.18 Å². The van der Waals surface area contributed by atoms with E-state index in [1.807, 2.05) is 0 Å². The van der Waals surface area contributed by atoms with Gasteiger partial charge in [0.15, 0.2) is 5.69 Å². The van der Waals surface area contributed by atoms with Crippen molar-refractivity contribution in [3.05, 3.63) is 41.7 Å². The maximum atomic E-state index is 12.3. The molecule has 1 amide bonds. The molecule has 5 nitrogen and oxygen atoms in total. The van der Waals surface area contributed by atoms with Crippen molar-refractivity contribution in [2.75, 3.05) is 5.32 Å². The highest BCUT2D eigenvalue weighted by Gasteiger charge is 2.30. The average Bonchev–Trinajstić information content (AvgIpc) is 2.82. The van der Waals surface area contributed by atoms with E-state index >= 15 is 0 Å². The molecule has 0 fully saturated rings. The van der Waals surface area contributed by atoms with Crippen molar-refractivity contribution in [3.8, 4) is 0 Å². The average molecular weight is 257 g/mol. The van der Waals surface area contributed by atoms with Crippen LogP contribution in [0.3, 0.4) is 0 Å². The molecule has 0 aliphatic carbocycles. The van der Waals surface area contributed by atoms with Crippen molar-refractivity contribution in [1.29, 1.82) is 0 Å². The molecule has 0 saturated heterocycles. The zero-order valence-corrected chi connectivity index (χ0v) is 8.73. The predicted octanol–water partition coefficient (Wildman–Crippen LogP) is 2.34. The van der Waals surface area contributed by atoms with Crippen LogP contribution in [0.2, 0.25) is 0 Å². The largest absolute Gasteiger partial charge is 0.416 e. The lowest BCUT2D eigenvalue weighted by atomic mass is 10.2. The van der Waals surface area contributed by atoms with Crippen LogP contribution in [0.25, 0.3) is 0 Å². The number of hydrogen-bond donors (Lipinski definition) is 1. The van der Waals surface area contributed by atoms with Crippen LogP contribution in [0.5, 0.6) is 0 Å². The van der Waals surface area contributed by atoms with E-state index in [2.05, 4.69) is 20.3 Å². The van der Waals surface area contributed by atoms with Crippen LogP contribution in [-0.2, 0) is 6.18 Å². The molecule has 94 valence electrons. The Morgan fingerprint density at radius 1 is 1.22 bits per heavy atom. The van der Waals surface area contributed by atoms with Gasteiger partial charge in [-0.15, -0.1) is 0 Å². The Morgan fingerprint density at radius 3 is 2.39 bits per heavy atom. The van der Waals surface area contributed by atoms with Gasteiger partial charge in [-0.05, 0) is 29.4 Å². The van der Waals surface area contributed by atoms with Crippen LogP contribution in [0.4, 0.5) is 18.9 Å². The Balaban J connectivity index is 2.09. The monoisotopic (exact) mass is 257 g/mol. The van der Waals surface area contributed by atoms with Crippen LogP contribution in [0.15, 0.2) is 35.1 Å². The molecule has 0 unspecified atom stereocenters. The Morgan fingerprint density at radius 2 is 1.89 bits per heavy atom. The Hall–Kier alpha value is -2.38. The minimum absolute atomic E-state index is 0.0603. The molecular formula is C10H6F3N3O2. The first-order valence-corrected chi connectivity index (χ1v) is 4.73. The number of alkyl halides is 3. The highest BCUT2D eigenvalue weighted by atomic mass is 19.4. The summed E-state index contributed by atoms with van der Waals surface area (Å²) < 4.78 is 41.1. The first-order valence-electron chi connectivity index (χ1n) is 4.73. The summed E-state index contributed by atoms with van der Waals surface area (Å²) in [5.41, 5.74) is -0.630. The summed E-state index contributed by atoms with van der Waals surface area (Å²) in [5, 5.41) is 8.88. The van der Waals surface area contributed by atoms with E-state index in [0.717, 1.165) is 30.5 Å². The predicted molar refractivity (Wildman–Crippen MR) is 53.7 cm³/mol. The van der Waals surface area contributed by atoms with Gasteiger partial charge in [0, 0.05) is 5.69 Å². The fourth-order valence-corrected chi connectivity index (χ4v) is 1.20. The third-order valence-electron chi connectivity index (χ3n) is 2.06. The highest BCUT2D eigenvalue weighted by molar-refractivity contribution is 6.02. The maximum absolute atomic E-state index is 12.3. The maximum Gasteiger partial charge on any atom is 0.416 e. The normalized spacial score (nSPS) is 11.3. The Kier molecular flexibility index (Phi) is 3.00. The first-order chi connectivity index (χ1) is 8.47. The molecule has 0 spiro atoms. The summed E-state index contributed by atoms with van der Waals surface area (Å²) in [6.45, 7) is 0. The van der Waals surface area contributed by atoms with Gasteiger partial charge in [0.25, 0.3) is 5.91 Å². The molecule has 0 aliphatic heterocycles. The quantitative estimate of drug-likeness (QED) is 0.896. The van der Waals surface area contributed by atoms with Crippen LogP contribution < -0.4 is 5.32 Å². The summed E-state index contributed by atoms with van der Waals surface area (Å²) in [4.78, 5) is 11.5. The number of benzene rings is 1. The van der Waals surface area contributed by atoms with Crippen molar-refractivity contribution in [2.24, 2.45) is 0 Å². The minimum Gasteiger partial charge on any atom is -0.320 e. The van der Waals surface area contributed by atoms with E-state index in [-0.39, 0.29) is 11.4 Å². The lowest BCUT2D eigenvalue weighted by Crippen LogP contribution is -2.12. The smallest absolute Gasteiger partial charge is 0.320 e. The van der Waals surface area contributed by atoms with Gasteiger partial charge in [-0.1, -0.05) is 5.16 Å². The van der Waals surface area contributed by atoms with Gasteiger partial charge in [0.1, 0.15) is 6.20 Å². The lowest BCUT2D eigenvalue weighted by Gasteiger charge is -2.07. The topological polar surface area (TPSA) is 68.0 Å². The Labute approximate surface area is 98.6 Å². The van der Waals surface area contributed by atoms with Gasteiger partial charge in [-0.25, -0.2) is 4.63 Å². The summed E-state index contributed by atoms with van der Waals surface area (Å²) >= 11 is 0. The number of hydrogen-bond acceptors (Lipinski definition) is 4. The summed E-state index contributed by atoms with van der Waals surface area (Å²) in [7, 11) is 0. The van der Waals surface area contributed by atoms with Crippen molar-refractivity contribution < 1.29 is 22.6 Å². The molecule has 18 heavy (non-hydrogen) atoms. The van der Waals surface area contributed by atoms with Crippen molar-refractivity contribution in [3.63, 3.8) is 0 Å². The number of carbonyl (C=O) groups excluding carboxylic acids is 1. The van der Waals surface area contributed by atoms with Crippen LogP contribution >= 0.6 is 0 Å². The lowest BCUT2D eigenvalue weighted by molar-refractivity contribution is -0.137. The third-order valence-corrected chi connectivity index (χ3v) is 2.06. The minimum atomic E-state index is -4.40. The summed E-state index contributed by atoms with van der Waals surface area (Å²) in [6, 6.07) is 4.04. The Bertz CT molecular complexity index is 534. The second kappa shape index (κ2) is 4.47. The standard InChI is InChI=1S/C10H6F3N3O2/c11-10(12,13)6-1-3-7(4-2-6)15-9(17)8-5-14-18-16-8/h1-5H,(H,15,17). The van der Waals surface area contributed by atoms with E-state index in [1.54, 1.807) is 0 Å². The number of amides is 1. The molecule has 0 saturated carbocycles. The van der Waals surface area contributed by atoms with Gasteiger partial charge in [-0.3, -0.25) is 4.79 Å². The molecule has 2 aromatic rings. The number of halogens is 3. The number of rotatable bonds is 2. The number of nitrogens with one attached hydrogen (secondary N) is 1. The first kappa shape index (κ1) is 12.1. The molecule has 0 radical (unpaired) electrons. The van der Waals surface area contributed by atoms with E-state index < -0.39 is 17.6 Å². The highest BCUT2D eigenvalue weighted by Crippen LogP contribution is 2.29. The molecule has 0 bridgehead atoms. The number of aromatic nitrogens is 2. The molecule has 1 aromatic carbocycles.